The first kappa shape index (κ1) is 30.3. The van der Waals surface area contributed by atoms with E-state index in [4.69, 9.17) is 0 Å². The number of carbonyl (C=O) groups excluding carboxylic acids is 1. The highest BCUT2D eigenvalue weighted by atomic mass is 32.2. The molecule has 0 bridgehead atoms. The van der Waals surface area contributed by atoms with Gasteiger partial charge >= 0.3 is 0 Å². The highest BCUT2D eigenvalue weighted by Crippen LogP contribution is 2.51. The Morgan fingerprint density at radius 1 is 1.07 bits per heavy atom. The van der Waals surface area contributed by atoms with Crippen molar-refractivity contribution in [3.05, 3.63) is 119 Å². The number of fused-ring (bicyclic) bond motifs is 2. The number of aromatic nitrogens is 4. The molecule has 7 rings (SSSR count). The summed E-state index contributed by atoms with van der Waals surface area (Å²) in [6.45, 7) is 2.36. The lowest BCUT2D eigenvalue weighted by molar-refractivity contribution is 0.0742. The van der Waals surface area contributed by atoms with Gasteiger partial charge in [-0.15, -0.1) is 11.3 Å². The van der Waals surface area contributed by atoms with Crippen LogP contribution in [0.2, 0.25) is 0 Å². The van der Waals surface area contributed by atoms with Gasteiger partial charge in [0.15, 0.2) is 5.78 Å². The van der Waals surface area contributed by atoms with Crippen LogP contribution in [0.1, 0.15) is 47.9 Å². The van der Waals surface area contributed by atoms with E-state index in [0.29, 0.717) is 42.8 Å². The maximum atomic E-state index is 14.8. The van der Waals surface area contributed by atoms with Crippen molar-refractivity contribution >= 4 is 38.8 Å². The summed E-state index contributed by atoms with van der Waals surface area (Å²) >= 11 is 1.50. The summed E-state index contributed by atoms with van der Waals surface area (Å²) in [6, 6.07) is 15.2. The number of Topliss-reactive ketones (excluding diaryl/α,β-unsaturated/α-hetero) is 1. The highest BCUT2D eigenvalue weighted by molar-refractivity contribution is 7.98. The van der Waals surface area contributed by atoms with Crippen LogP contribution < -0.4 is 0 Å². The molecule has 1 fully saturated rings. The Labute approximate surface area is 270 Å². The van der Waals surface area contributed by atoms with E-state index < -0.39 is 20.9 Å². The van der Waals surface area contributed by atoms with E-state index in [2.05, 4.69) is 20.9 Å². The molecule has 2 aliphatic carbocycles. The van der Waals surface area contributed by atoms with Crippen molar-refractivity contribution in [2.75, 3.05) is 6.54 Å². The highest BCUT2D eigenvalue weighted by Gasteiger charge is 2.51. The molecule has 2 aliphatic rings. The molecule has 46 heavy (non-hydrogen) atoms. The maximum absolute atomic E-state index is 14.8. The predicted molar refractivity (Wildman–Crippen MR) is 177 cm³/mol. The third-order valence-electron chi connectivity index (χ3n) is 9.10. The summed E-state index contributed by atoms with van der Waals surface area (Å²) < 4.78 is 45.4. The van der Waals surface area contributed by atoms with Crippen molar-refractivity contribution in [3.8, 4) is 16.3 Å². The Hall–Kier alpha value is -4.32. The molecule has 3 atom stereocenters. The average Bonchev–Trinajstić information content (AvgIpc) is 3.75. The zero-order valence-corrected chi connectivity index (χ0v) is 26.7. The number of ketones is 1. The predicted octanol–water partition coefficient (Wildman–Crippen LogP) is 7.04. The zero-order chi connectivity index (χ0) is 32.1. The minimum absolute atomic E-state index is 0.109. The molecular weight excluding hydrogens is 625 g/mol. The molecule has 3 aromatic heterocycles. The Balaban J connectivity index is 1.30. The van der Waals surface area contributed by atoms with Gasteiger partial charge in [0, 0.05) is 40.8 Å². The molecule has 1 unspecified atom stereocenters. The van der Waals surface area contributed by atoms with Crippen molar-refractivity contribution in [3.63, 3.8) is 0 Å². The second-order valence-corrected chi connectivity index (χ2v) is 14.8. The van der Waals surface area contributed by atoms with Gasteiger partial charge in [0.1, 0.15) is 22.3 Å². The number of pyridine rings is 1. The van der Waals surface area contributed by atoms with E-state index in [1.165, 1.54) is 47.7 Å². The number of hydrogen-bond donors (Lipinski definition) is 0. The normalized spacial score (nSPS) is 20.4. The number of thiazole rings is 1. The van der Waals surface area contributed by atoms with E-state index in [-0.39, 0.29) is 17.6 Å². The largest absolute Gasteiger partial charge is 0.291 e. The Morgan fingerprint density at radius 2 is 1.80 bits per heavy atom. The van der Waals surface area contributed by atoms with Crippen LogP contribution in [0.15, 0.2) is 95.1 Å². The maximum Gasteiger partial charge on any atom is 0.191 e. The van der Waals surface area contributed by atoms with Gasteiger partial charge in [0.05, 0.1) is 32.7 Å². The van der Waals surface area contributed by atoms with E-state index in [1.807, 2.05) is 28.8 Å². The topological polar surface area (TPSA) is 81.0 Å². The summed E-state index contributed by atoms with van der Waals surface area (Å²) in [5.41, 5.74) is 3.64. The molecule has 3 heterocycles. The molecule has 1 saturated carbocycles. The smallest absolute Gasteiger partial charge is 0.191 e. The zero-order valence-electron chi connectivity index (χ0n) is 25.1. The SMILES string of the molecule is C=S(=O)(c1ccc(F)cc1)N(CC)[C@H]1CCC2=Cc3c(cnn3-c3ccc(F)cc3)C[C@]2(C(=O)c2ccc(-c3nccs3)cn2)C1. The third-order valence-corrected chi connectivity index (χ3v) is 12.2. The van der Waals surface area contributed by atoms with Crippen molar-refractivity contribution in [1.82, 2.24) is 24.1 Å². The van der Waals surface area contributed by atoms with Crippen LogP contribution in [0.5, 0.6) is 0 Å². The number of hydrogen-bond acceptors (Lipinski definition) is 6. The average molecular weight is 656 g/mol. The van der Waals surface area contributed by atoms with Gasteiger partial charge < -0.3 is 0 Å². The molecule has 2 aromatic carbocycles. The molecule has 11 heteroatoms. The summed E-state index contributed by atoms with van der Waals surface area (Å²) in [7, 11) is -2.98. The van der Waals surface area contributed by atoms with Crippen LogP contribution in [-0.2, 0) is 16.1 Å². The summed E-state index contributed by atoms with van der Waals surface area (Å²) in [5.74, 6) is 3.28. The van der Waals surface area contributed by atoms with Crippen molar-refractivity contribution in [2.45, 2.75) is 43.5 Å². The van der Waals surface area contributed by atoms with Crippen LogP contribution >= 0.6 is 11.3 Å². The summed E-state index contributed by atoms with van der Waals surface area (Å²) in [5, 5.41) is 7.35. The molecule has 0 aliphatic heterocycles. The summed E-state index contributed by atoms with van der Waals surface area (Å²) in [6.07, 6.45) is 9.24. The fourth-order valence-corrected chi connectivity index (χ4v) is 9.41. The second kappa shape index (κ2) is 11.8. The Bertz CT molecular complexity index is 2040. The first-order valence-electron chi connectivity index (χ1n) is 15.0. The van der Waals surface area contributed by atoms with E-state index in [1.54, 1.807) is 41.5 Å². The monoisotopic (exact) mass is 655 g/mol. The minimum Gasteiger partial charge on any atom is -0.291 e. The lowest BCUT2D eigenvalue weighted by Crippen LogP contribution is -2.50. The van der Waals surface area contributed by atoms with Crippen molar-refractivity contribution in [1.29, 1.82) is 0 Å². The molecule has 7 nitrogen and oxygen atoms in total. The number of rotatable bonds is 8. The number of nitrogens with zero attached hydrogens (tertiary/aromatic N) is 5. The van der Waals surface area contributed by atoms with Crippen LogP contribution in [0, 0.1) is 17.0 Å². The van der Waals surface area contributed by atoms with Crippen LogP contribution in [-0.4, -0.2) is 52.5 Å². The van der Waals surface area contributed by atoms with Gasteiger partial charge in [-0.1, -0.05) is 12.5 Å². The minimum atomic E-state index is -2.98. The van der Waals surface area contributed by atoms with Crippen LogP contribution in [0.25, 0.3) is 22.3 Å². The molecule has 0 radical (unpaired) electrons. The standard InChI is InChI=1S/C35H31F2N5O2S2/c1-3-41(46(2,44)30-13-8-27(37)9-14-30)29-10-5-25-18-32-24(22-40-42(32)28-11-6-26(36)7-12-28)19-35(25,20-29)33(43)31-15-4-23(21-39-31)34-38-16-17-45-34/h4,6-9,11-18,21-22,29H,2-3,5,10,19-20H2,1H3/t29-,35-,46?/m0/s1. The molecular formula is C35H31F2N5O2S2. The number of benzene rings is 2. The fraction of sp³-hybridized carbons (Fsp3) is 0.229. The van der Waals surface area contributed by atoms with Gasteiger partial charge in [-0.25, -0.2) is 27.0 Å². The number of allylic oxidation sites excluding steroid dienone is 1. The van der Waals surface area contributed by atoms with Crippen LogP contribution in [0.4, 0.5) is 8.78 Å². The first-order chi connectivity index (χ1) is 22.2. The molecule has 0 saturated heterocycles. The Kier molecular flexibility index (Phi) is 7.78. The fourth-order valence-electron chi connectivity index (χ4n) is 6.87. The molecule has 0 amide bonds. The van der Waals surface area contributed by atoms with Gasteiger partial charge in [0.25, 0.3) is 0 Å². The van der Waals surface area contributed by atoms with E-state index >= 15 is 0 Å². The molecule has 0 spiro atoms. The van der Waals surface area contributed by atoms with Crippen molar-refractivity contribution < 1.29 is 17.8 Å². The summed E-state index contributed by atoms with van der Waals surface area (Å²) in [4.78, 5) is 24.2. The molecule has 234 valence electrons. The van der Waals surface area contributed by atoms with Crippen molar-refractivity contribution in [2.24, 2.45) is 5.41 Å². The number of halogens is 2. The second-order valence-electron chi connectivity index (χ2n) is 11.7. The van der Waals surface area contributed by atoms with Crippen LogP contribution in [0.3, 0.4) is 0 Å². The first-order valence-corrected chi connectivity index (χ1v) is 17.6. The number of carbonyl (C=O) groups is 1. The third kappa shape index (κ3) is 5.22. The van der Waals surface area contributed by atoms with Gasteiger partial charge in [0.2, 0.25) is 0 Å². The van der Waals surface area contributed by atoms with Gasteiger partial charge in [-0.2, -0.15) is 5.10 Å². The van der Waals surface area contributed by atoms with E-state index in [9.17, 15) is 17.8 Å². The Morgan fingerprint density at radius 3 is 2.46 bits per heavy atom. The van der Waals surface area contributed by atoms with Gasteiger partial charge in [-0.3, -0.25) is 9.78 Å². The molecule has 5 aromatic rings. The van der Waals surface area contributed by atoms with E-state index in [0.717, 1.165) is 33.1 Å². The lowest BCUT2D eigenvalue weighted by atomic mass is 9.60. The molecule has 0 N–H and O–H groups in total. The van der Waals surface area contributed by atoms with Gasteiger partial charge in [-0.05, 0) is 104 Å². The quantitative estimate of drug-likeness (QED) is 0.132. The lowest BCUT2D eigenvalue weighted by Gasteiger charge is -2.47.